The van der Waals surface area contributed by atoms with Gasteiger partial charge in [-0.05, 0) is 18.4 Å². The van der Waals surface area contributed by atoms with Crippen molar-refractivity contribution in [2.45, 2.75) is 19.4 Å². The largest absolute Gasteiger partial charge is 0.360 e. The average Bonchev–Trinajstić information content (AvgIpc) is 3.24. The Hall–Kier alpha value is -2.44. The first-order chi connectivity index (χ1) is 12.2. The first-order valence-corrected chi connectivity index (χ1v) is 9.27. The molecule has 3 heterocycles. The van der Waals surface area contributed by atoms with Crippen LogP contribution in [0.1, 0.15) is 27.8 Å². The van der Waals surface area contributed by atoms with E-state index in [1.807, 2.05) is 24.3 Å². The molecule has 0 saturated heterocycles. The number of quaternary nitrogens is 1. The summed E-state index contributed by atoms with van der Waals surface area (Å²) in [7, 11) is 0. The van der Waals surface area contributed by atoms with E-state index < -0.39 is 0 Å². The van der Waals surface area contributed by atoms with Gasteiger partial charge in [-0.25, -0.2) is 0 Å². The summed E-state index contributed by atoms with van der Waals surface area (Å²) in [5.74, 6) is 1.13. The van der Waals surface area contributed by atoms with Gasteiger partial charge in [-0.2, -0.15) is 0 Å². The minimum absolute atomic E-state index is 0.0390. The van der Waals surface area contributed by atoms with Gasteiger partial charge < -0.3 is 14.7 Å². The highest BCUT2D eigenvalue weighted by molar-refractivity contribution is 7.10. The molecule has 0 saturated carbocycles. The number of anilines is 1. The zero-order chi connectivity index (χ0) is 17.2. The molecule has 1 aromatic carbocycles. The first-order valence-electron chi connectivity index (χ1n) is 8.39. The number of carbonyl (C=O) groups excluding carboxylic acids is 1. The van der Waals surface area contributed by atoms with Gasteiger partial charge in [0.1, 0.15) is 11.8 Å². The predicted molar refractivity (Wildman–Crippen MR) is 96.9 cm³/mol. The second-order valence-electron chi connectivity index (χ2n) is 6.35. The third-order valence-corrected chi connectivity index (χ3v) is 5.58. The summed E-state index contributed by atoms with van der Waals surface area (Å²) in [6.45, 7) is 3.15. The molecule has 2 aromatic heterocycles. The predicted octanol–water partition coefficient (Wildman–Crippen LogP) is 2.21. The molecule has 1 aliphatic rings. The number of aromatic nitrogens is 1. The summed E-state index contributed by atoms with van der Waals surface area (Å²) in [5, 5.41) is 8.83. The highest BCUT2D eigenvalue weighted by Gasteiger charge is 2.34. The fourth-order valence-corrected chi connectivity index (χ4v) is 4.44. The van der Waals surface area contributed by atoms with Gasteiger partial charge in [-0.3, -0.25) is 4.79 Å². The third-order valence-electron chi connectivity index (χ3n) is 4.59. The van der Waals surface area contributed by atoms with Gasteiger partial charge in [0.25, 0.3) is 5.91 Å². The fourth-order valence-electron chi connectivity index (χ4n) is 3.52. The monoisotopic (exact) mass is 354 g/mol. The van der Waals surface area contributed by atoms with Gasteiger partial charge in [0.15, 0.2) is 12.4 Å². The molecule has 2 atom stereocenters. The molecular formula is C19H20N3O2S+. The van der Waals surface area contributed by atoms with E-state index in [9.17, 15) is 4.79 Å². The summed E-state index contributed by atoms with van der Waals surface area (Å²) in [6.07, 6.45) is 1.02. The Morgan fingerprint density at radius 2 is 2.20 bits per heavy atom. The quantitative estimate of drug-likeness (QED) is 0.755. The minimum atomic E-state index is -0.0390. The smallest absolute Gasteiger partial charge is 0.280 e. The number of nitrogens with zero attached hydrogens (tertiary/aromatic N) is 1. The molecule has 3 aromatic rings. The van der Waals surface area contributed by atoms with Crippen molar-refractivity contribution in [3.63, 3.8) is 0 Å². The fraction of sp³-hybridized carbons (Fsp3) is 0.263. The van der Waals surface area contributed by atoms with E-state index in [1.54, 1.807) is 6.07 Å². The summed E-state index contributed by atoms with van der Waals surface area (Å²) in [6, 6.07) is 14.6. The summed E-state index contributed by atoms with van der Waals surface area (Å²) >= 11 is 1.81. The standard InChI is InChI=1S/C19H19N3O2S/c1-13-11-17(21-24-13)20-18(23)12-22-9-7-16-15(8-10-25-16)19(22)14-5-3-2-4-6-14/h2-6,8,10-11,19H,7,9,12H2,1H3,(H,20,21,23)/p+1/t19-/m1/s1. The molecule has 128 valence electrons. The van der Waals surface area contributed by atoms with Crippen molar-refractivity contribution in [1.82, 2.24) is 5.16 Å². The lowest BCUT2D eigenvalue weighted by molar-refractivity contribution is -0.919. The van der Waals surface area contributed by atoms with E-state index in [1.165, 1.54) is 20.9 Å². The van der Waals surface area contributed by atoms with Crippen LogP contribution in [0.25, 0.3) is 0 Å². The Kier molecular flexibility index (Phi) is 4.38. The molecule has 25 heavy (non-hydrogen) atoms. The van der Waals surface area contributed by atoms with Crippen molar-refractivity contribution in [2.75, 3.05) is 18.4 Å². The van der Waals surface area contributed by atoms with E-state index in [2.05, 4.69) is 46.2 Å². The van der Waals surface area contributed by atoms with Gasteiger partial charge in [-0.15, -0.1) is 11.3 Å². The van der Waals surface area contributed by atoms with Crippen LogP contribution in [-0.4, -0.2) is 24.2 Å². The molecule has 6 heteroatoms. The molecule has 0 aliphatic carbocycles. The second kappa shape index (κ2) is 6.82. The summed E-state index contributed by atoms with van der Waals surface area (Å²) in [5.41, 5.74) is 2.60. The van der Waals surface area contributed by atoms with Gasteiger partial charge >= 0.3 is 0 Å². The number of benzene rings is 1. The van der Waals surface area contributed by atoms with Crippen LogP contribution in [0.4, 0.5) is 5.82 Å². The van der Waals surface area contributed by atoms with Crippen LogP contribution in [0.15, 0.2) is 52.4 Å². The SMILES string of the molecule is Cc1cc(NC(=O)C[NH+]2CCc3sccc3[C@H]2c2ccccc2)no1. The van der Waals surface area contributed by atoms with Crippen LogP contribution in [-0.2, 0) is 11.2 Å². The molecule has 0 bridgehead atoms. The highest BCUT2D eigenvalue weighted by Crippen LogP contribution is 2.29. The number of rotatable bonds is 4. The number of nitrogens with one attached hydrogen (secondary N) is 2. The lowest BCUT2D eigenvalue weighted by Gasteiger charge is -2.32. The van der Waals surface area contributed by atoms with E-state index >= 15 is 0 Å². The van der Waals surface area contributed by atoms with Gasteiger partial charge in [-0.1, -0.05) is 35.5 Å². The molecule has 0 spiro atoms. The van der Waals surface area contributed by atoms with Crippen molar-refractivity contribution in [3.8, 4) is 0 Å². The third kappa shape index (κ3) is 3.36. The topological polar surface area (TPSA) is 59.6 Å². The molecule has 2 N–H and O–H groups in total. The zero-order valence-corrected chi connectivity index (χ0v) is 14.8. The van der Waals surface area contributed by atoms with Crippen molar-refractivity contribution in [3.05, 3.63) is 69.6 Å². The Morgan fingerprint density at radius 3 is 2.96 bits per heavy atom. The number of fused-ring (bicyclic) bond motifs is 1. The van der Waals surface area contributed by atoms with E-state index in [-0.39, 0.29) is 11.9 Å². The highest BCUT2D eigenvalue weighted by atomic mass is 32.1. The number of carbonyl (C=O) groups is 1. The number of amides is 1. The normalized spacial score (nSPS) is 19.4. The first kappa shape index (κ1) is 16.1. The van der Waals surface area contributed by atoms with Crippen LogP contribution < -0.4 is 10.2 Å². The van der Waals surface area contributed by atoms with Crippen molar-refractivity contribution < 1.29 is 14.2 Å². The van der Waals surface area contributed by atoms with Crippen molar-refractivity contribution in [2.24, 2.45) is 0 Å². The summed E-state index contributed by atoms with van der Waals surface area (Å²) in [4.78, 5) is 15.2. The molecule has 5 nitrogen and oxygen atoms in total. The summed E-state index contributed by atoms with van der Waals surface area (Å²) < 4.78 is 5.01. The van der Waals surface area contributed by atoms with E-state index in [0.29, 0.717) is 18.1 Å². The average molecular weight is 354 g/mol. The maximum absolute atomic E-state index is 12.5. The van der Waals surface area contributed by atoms with Crippen LogP contribution in [0, 0.1) is 6.92 Å². The lowest BCUT2D eigenvalue weighted by Crippen LogP contribution is -3.14. The Morgan fingerprint density at radius 1 is 1.36 bits per heavy atom. The van der Waals surface area contributed by atoms with Crippen LogP contribution in [0.5, 0.6) is 0 Å². The lowest BCUT2D eigenvalue weighted by atomic mass is 9.93. The number of aryl methyl sites for hydroxylation is 1. The maximum Gasteiger partial charge on any atom is 0.280 e. The van der Waals surface area contributed by atoms with Crippen LogP contribution in [0.2, 0.25) is 0 Å². The Labute approximate surface area is 150 Å². The van der Waals surface area contributed by atoms with Crippen LogP contribution >= 0.6 is 11.3 Å². The van der Waals surface area contributed by atoms with Gasteiger partial charge in [0, 0.05) is 28.5 Å². The zero-order valence-electron chi connectivity index (χ0n) is 14.0. The molecule has 1 aliphatic heterocycles. The second-order valence-corrected chi connectivity index (χ2v) is 7.35. The molecule has 1 amide bonds. The Balaban J connectivity index is 1.56. The van der Waals surface area contributed by atoms with E-state index in [0.717, 1.165) is 13.0 Å². The molecule has 4 rings (SSSR count). The molecule has 0 radical (unpaired) electrons. The van der Waals surface area contributed by atoms with Gasteiger partial charge in [0.05, 0.1) is 6.54 Å². The maximum atomic E-state index is 12.5. The molecule has 0 fully saturated rings. The van der Waals surface area contributed by atoms with Gasteiger partial charge in [0.2, 0.25) is 0 Å². The molecular weight excluding hydrogens is 334 g/mol. The van der Waals surface area contributed by atoms with Crippen molar-refractivity contribution >= 4 is 23.1 Å². The number of hydrogen-bond acceptors (Lipinski definition) is 4. The van der Waals surface area contributed by atoms with Crippen molar-refractivity contribution in [1.29, 1.82) is 0 Å². The Bertz CT molecular complexity index is 872. The number of thiophene rings is 1. The van der Waals surface area contributed by atoms with Crippen LogP contribution in [0.3, 0.4) is 0 Å². The minimum Gasteiger partial charge on any atom is -0.360 e. The number of hydrogen-bond donors (Lipinski definition) is 2. The molecule has 1 unspecified atom stereocenters. The van der Waals surface area contributed by atoms with E-state index in [4.69, 9.17) is 4.52 Å².